The highest BCUT2D eigenvalue weighted by Gasteiger charge is 2.28. The Bertz CT molecular complexity index is 747. The lowest BCUT2D eigenvalue weighted by atomic mass is 10.1. The zero-order chi connectivity index (χ0) is 20.4. The molecule has 0 saturated carbocycles. The Morgan fingerprint density at radius 3 is 2.21 bits per heavy atom. The quantitative estimate of drug-likeness (QED) is 0.684. The Hall–Kier alpha value is -3.02. The van der Waals surface area contributed by atoms with E-state index >= 15 is 0 Å². The van der Waals surface area contributed by atoms with Gasteiger partial charge in [0.05, 0.1) is 7.11 Å². The van der Waals surface area contributed by atoms with Crippen molar-refractivity contribution in [3.8, 4) is 11.5 Å². The third-order valence-electron chi connectivity index (χ3n) is 4.35. The number of nitrogens with zero attached hydrogens (tertiary/aromatic N) is 1. The van der Waals surface area contributed by atoms with Gasteiger partial charge in [0.1, 0.15) is 17.5 Å². The van der Waals surface area contributed by atoms with E-state index in [1.807, 2.05) is 44.2 Å². The van der Waals surface area contributed by atoms with E-state index in [-0.39, 0.29) is 18.4 Å². The van der Waals surface area contributed by atoms with Crippen LogP contribution in [0.3, 0.4) is 0 Å². The van der Waals surface area contributed by atoms with Gasteiger partial charge in [-0.1, -0.05) is 37.3 Å². The number of ether oxygens (including phenoxy) is 2. The maximum Gasteiger partial charge on any atom is 0.261 e. The van der Waals surface area contributed by atoms with Gasteiger partial charge in [-0.25, -0.2) is 0 Å². The smallest absolute Gasteiger partial charge is 0.261 e. The molecule has 150 valence electrons. The number of carbonyl (C=O) groups is 2. The average molecular weight is 384 g/mol. The van der Waals surface area contributed by atoms with Crippen LogP contribution < -0.4 is 14.8 Å². The fraction of sp³-hybridized carbons (Fsp3) is 0.364. The predicted molar refractivity (Wildman–Crippen MR) is 108 cm³/mol. The van der Waals surface area contributed by atoms with Gasteiger partial charge in [-0.05, 0) is 43.2 Å². The highest BCUT2D eigenvalue weighted by atomic mass is 16.5. The molecule has 6 heteroatoms. The minimum Gasteiger partial charge on any atom is -0.497 e. The SMILES string of the molecule is CCNC(=O)[C@@H](CC)N(Cc1ccccc1)C(=O)COc1ccc(OC)cc1. The highest BCUT2D eigenvalue weighted by molar-refractivity contribution is 5.88. The molecule has 1 atom stereocenters. The molecule has 2 aromatic carbocycles. The van der Waals surface area contributed by atoms with Crippen molar-refractivity contribution in [3.63, 3.8) is 0 Å². The zero-order valence-corrected chi connectivity index (χ0v) is 16.7. The lowest BCUT2D eigenvalue weighted by Crippen LogP contribution is -2.50. The molecule has 0 aliphatic rings. The normalized spacial score (nSPS) is 11.4. The van der Waals surface area contributed by atoms with E-state index in [0.717, 1.165) is 5.56 Å². The number of hydrogen-bond acceptors (Lipinski definition) is 4. The molecule has 0 aliphatic heterocycles. The van der Waals surface area contributed by atoms with Crippen LogP contribution in [0.5, 0.6) is 11.5 Å². The van der Waals surface area contributed by atoms with Crippen molar-refractivity contribution in [1.82, 2.24) is 10.2 Å². The van der Waals surface area contributed by atoms with E-state index in [1.54, 1.807) is 36.3 Å². The van der Waals surface area contributed by atoms with Crippen LogP contribution in [-0.2, 0) is 16.1 Å². The molecule has 2 aromatic rings. The van der Waals surface area contributed by atoms with Gasteiger partial charge in [-0.3, -0.25) is 9.59 Å². The Kier molecular flexibility index (Phi) is 8.34. The summed E-state index contributed by atoms with van der Waals surface area (Å²) in [7, 11) is 1.59. The fourth-order valence-corrected chi connectivity index (χ4v) is 2.89. The first kappa shape index (κ1) is 21.3. The number of methoxy groups -OCH3 is 1. The maximum absolute atomic E-state index is 12.9. The molecular formula is C22H28N2O4. The first-order valence-corrected chi connectivity index (χ1v) is 9.47. The Balaban J connectivity index is 2.13. The minimum absolute atomic E-state index is 0.144. The number of benzene rings is 2. The second-order valence-corrected chi connectivity index (χ2v) is 6.29. The summed E-state index contributed by atoms with van der Waals surface area (Å²) in [6.45, 7) is 4.48. The molecule has 28 heavy (non-hydrogen) atoms. The molecule has 0 spiro atoms. The van der Waals surface area contributed by atoms with E-state index in [4.69, 9.17) is 9.47 Å². The first-order chi connectivity index (χ1) is 13.6. The molecule has 6 nitrogen and oxygen atoms in total. The van der Waals surface area contributed by atoms with Crippen molar-refractivity contribution < 1.29 is 19.1 Å². The van der Waals surface area contributed by atoms with Crippen molar-refractivity contribution in [3.05, 3.63) is 60.2 Å². The molecule has 1 N–H and O–H groups in total. The molecule has 0 saturated heterocycles. The van der Waals surface area contributed by atoms with Crippen LogP contribution in [0.1, 0.15) is 25.8 Å². The number of hydrogen-bond donors (Lipinski definition) is 1. The number of likely N-dealkylation sites (N-methyl/N-ethyl adjacent to an activating group) is 1. The van der Waals surface area contributed by atoms with Gasteiger partial charge in [0.2, 0.25) is 5.91 Å². The summed E-state index contributed by atoms with van der Waals surface area (Å²) >= 11 is 0. The zero-order valence-electron chi connectivity index (χ0n) is 16.7. The second kappa shape index (κ2) is 11.0. The minimum atomic E-state index is -0.549. The summed E-state index contributed by atoms with van der Waals surface area (Å²) < 4.78 is 10.8. The highest BCUT2D eigenvalue weighted by Crippen LogP contribution is 2.18. The number of rotatable bonds is 10. The third kappa shape index (κ3) is 6.01. The summed E-state index contributed by atoms with van der Waals surface area (Å²) in [5.41, 5.74) is 0.961. The van der Waals surface area contributed by atoms with Gasteiger partial charge in [-0.2, -0.15) is 0 Å². The summed E-state index contributed by atoms with van der Waals surface area (Å²) in [5.74, 6) is 0.892. The van der Waals surface area contributed by atoms with Crippen molar-refractivity contribution >= 4 is 11.8 Å². The Morgan fingerprint density at radius 2 is 1.64 bits per heavy atom. The first-order valence-electron chi connectivity index (χ1n) is 9.47. The van der Waals surface area contributed by atoms with Gasteiger partial charge in [0.15, 0.2) is 6.61 Å². The van der Waals surface area contributed by atoms with Crippen LogP contribution in [-0.4, -0.2) is 43.0 Å². The summed E-state index contributed by atoms with van der Waals surface area (Å²) in [5, 5.41) is 2.82. The molecule has 0 radical (unpaired) electrons. The molecule has 0 unspecified atom stereocenters. The fourth-order valence-electron chi connectivity index (χ4n) is 2.89. The van der Waals surface area contributed by atoms with E-state index in [1.165, 1.54) is 0 Å². The van der Waals surface area contributed by atoms with Crippen molar-refractivity contribution in [2.75, 3.05) is 20.3 Å². The van der Waals surface area contributed by atoms with Crippen molar-refractivity contribution in [2.45, 2.75) is 32.9 Å². The third-order valence-corrected chi connectivity index (χ3v) is 4.35. The van der Waals surface area contributed by atoms with Gasteiger partial charge in [-0.15, -0.1) is 0 Å². The second-order valence-electron chi connectivity index (χ2n) is 6.29. The van der Waals surface area contributed by atoms with Crippen LogP contribution in [0.25, 0.3) is 0 Å². The lowest BCUT2D eigenvalue weighted by Gasteiger charge is -2.30. The van der Waals surface area contributed by atoms with E-state index in [9.17, 15) is 9.59 Å². The van der Waals surface area contributed by atoms with Crippen LogP contribution in [0.2, 0.25) is 0 Å². The molecule has 0 heterocycles. The van der Waals surface area contributed by atoms with Crippen LogP contribution >= 0.6 is 0 Å². The van der Waals surface area contributed by atoms with Crippen LogP contribution in [0.15, 0.2) is 54.6 Å². The van der Waals surface area contributed by atoms with Crippen LogP contribution in [0.4, 0.5) is 0 Å². The Labute approximate surface area is 166 Å². The summed E-state index contributed by atoms with van der Waals surface area (Å²) in [4.78, 5) is 27.0. The van der Waals surface area contributed by atoms with Gasteiger partial charge in [0.25, 0.3) is 5.91 Å². The summed E-state index contributed by atoms with van der Waals surface area (Å²) in [6.07, 6.45) is 0.521. The average Bonchev–Trinajstić information content (AvgIpc) is 2.73. The molecule has 2 amide bonds. The number of carbonyl (C=O) groups excluding carboxylic acids is 2. The maximum atomic E-state index is 12.9. The van der Waals surface area contributed by atoms with Crippen molar-refractivity contribution in [1.29, 1.82) is 0 Å². The molecule has 2 rings (SSSR count). The van der Waals surface area contributed by atoms with Crippen molar-refractivity contribution in [2.24, 2.45) is 0 Å². The van der Waals surface area contributed by atoms with Crippen LogP contribution in [0, 0.1) is 0 Å². The topological polar surface area (TPSA) is 67.9 Å². The van der Waals surface area contributed by atoms with E-state index in [0.29, 0.717) is 31.0 Å². The van der Waals surface area contributed by atoms with Gasteiger partial charge >= 0.3 is 0 Å². The molecule has 0 aliphatic carbocycles. The monoisotopic (exact) mass is 384 g/mol. The Morgan fingerprint density at radius 1 is 1.00 bits per heavy atom. The molecule has 0 bridgehead atoms. The molecular weight excluding hydrogens is 356 g/mol. The van der Waals surface area contributed by atoms with E-state index in [2.05, 4.69) is 5.32 Å². The number of amides is 2. The number of nitrogens with one attached hydrogen (secondary N) is 1. The lowest BCUT2D eigenvalue weighted by molar-refractivity contribution is -0.142. The largest absolute Gasteiger partial charge is 0.497 e. The van der Waals surface area contributed by atoms with Gasteiger partial charge in [0, 0.05) is 13.1 Å². The van der Waals surface area contributed by atoms with E-state index < -0.39 is 6.04 Å². The molecule has 0 fully saturated rings. The summed E-state index contributed by atoms with van der Waals surface area (Å²) in [6, 6.07) is 16.1. The molecule has 0 aromatic heterocycles. The van der Waals surface area contributed by atoms with Gasteiger partial charge < -0.3 is 19.7 Å². The predicted octanol–water partition coefficient (Wildman–Crippen LogP) is 3.02. The standard InChI is InChI=1S/C22H28N2O4/c1-4-20(22(26)23-5-2)24(15-17-9-7-6-8-10-17)21(25)16-28-19-13-11-18(27-3)12-14-19/h6-14,20H,4-5,15-16H2,1-3H3,(H,23,26)/t20-/m1/s1.